The molecule has 8 rings (SSSR count). The van der Waals surface area contributed by atoms with Crippen molar-refractivity contribution in [3.63, 3.8) is 0 Å². The lowest BCUT2D eigenvalue weighted by atomic mass is 9.94. The van der Waals surface area contributed by atoms with Gasteiger partial charge in [0.2, 0.25) is 11.8 Å². The van der Waals surface area contributed by atoms with Gasteiger partial charge in [-0.2, -0.15) is 0 Å². The van der Waals surface area contributed by atoms with Gasteiger partial charge in [-0.25, -0.2) is 0 Å². The Labute approximate surface area is 536 Å². The fourth-order valence-corrected chi connectivity index (χ4v) is 12.1. The smallest absolute Gasteiger partial charge is 0.217 e. The highest BCUT2D eigenvalue weighted by Gasteiger charge is 2.60. The minimum Gasteiger partial charge on any atom is -0.394 e. The van der Waals surface area contributed by atoms with Gasteiger partial charge in [0.1, 0.15) is 195 Å². The van der Waals surface area contributed by atoms with Crippen LogP contribution in [0.2, 0.25) is 0 Å². The maximum absolute atomic E-state index is 12.8. The maximum Gasteiger partial charge on any atom is 0.217 e. The van der Waals surface area contributed by atoms with Crippen LogP contribution < -0.4 is 10.6 Å². The summed E-state index contributed by atoms with van der Waals surface area (Å²) >= 11 is 0. The van der Waals surface area contributed by atoms with Crippen molar-refractivity contribution >= 4 is 11.8 Å². The number of nitrogens with one attached hydrogen (secondary N) is 2. The number of carbonyl (C=O) groups is 2. The van der Waals surface area contributed by atoms with Gasteiger partial charge >= 0.3 is 0 Å². The summed E-state index contributed by atoms with van der Waals surface area (Å²) in [5.74, 6) is -1.80. The van der Waals surface area contributed by atoms with Crippen molar-refractivity contribution in [1.82, 2.24) is 10.6 Å². The molecule has 40 atom stereocenters. The van der Waals surface area contributed by atoms with E-state index in [9.17, 15) is 132 Å². The molecular weight excluding hydrogens is 1310 g/mol. The molecule has 2 amide bonds. The van der Waals surface area contributed by atoms with Crippen molar-refractivity contribution in [1.29, 1.82) is 0 Å². The number of hydrogen-bond acceptors (Lipinski definition) is 41. The lowest BCUT2D eigenvalue weighted by molar-refractivity contribution is -0.391. The number of aliphatic hydroxyl groups is 24. The van der Waals surface area contributed by atoms with Crippen LogP contribution in [0.3, 0.4) is 0 Å². The summed E-state index contributed by atoms with van der Waals surface area (Å²) < 4.78 is 86.1. The number of rotatable bonds is 24. The van der Waals surface area contributed by atoms with Crippen LogP contribution in [0.15, 0.2) is 0 Å². The molecule has 95 heavy (non-hydrogen) atoms. The zero-order chi connectivity index (χ0) is 69.9. The van der Waals surface area contributed by atoms with Gasteiger partial charge < -0.3 is 204 Å². The second-order valence-corrected chi connectivity index (χ2v) is 23.9. The van der Waals surface area contributed by atoms with E-state index in [2.05, 4.69) is 10.6 Å². The highest BCUT2D eigenvalue weighted by atomic mass is 16.8. The first kappa shape index (κ1) is 78.1. The largest absolute Gasteiger partial charge is 0.394 e. The molecule has 8 aliphatic heterocycles. The van der Waals surface area contributed by atoms with Gasteiger partial charge in [-0.05, 0) is 0 Å². The average molecular weight is 1400 g/mol. The fourth-order valence-electron chi connectivity index (χ4n) is 12.1. The van der Waals surface area contributed by atoms with Gasteiger partial charge in [0.25, 0.3) is 0 Å². The molecule has 0 aromatic heterocycles. The summed E-state index contributed by atoms with van der Waals surface area (Å²) in [6.45, 7) is -6.18. The molecule has 0 aromatic rings. The van der Waals surface area contributed by atoms with Crippen LogP contribution in [0.25, 0.3) is 0 Å². The highest BCUT2D eigenvalue weighted by molar-refractivity contribution is 5.73. The molecule has 43 heteroatoms. The molecule has 8 aliphatic rings. The Morgan fingerprint density at radius 3 is 0.968 bits per heavy atom. The van der Waals surface area contributed by atoms with Gasteiger partial charge in [0.05, 0.1) is 52.9 Å². The van der Waals surface area contributed by atoms with E-state index in [4.69, 9.17) is 71.1 Å². The van der Waals surface area contributed by atoms with Crippen LogP contribution in [0.5, 0.6) is 0 Å². The zero-order valence-corrected chi connectivity index (χ0v) is 50.4. The maximum atomic E-state index is 12.8. The standard InChI is InChI=1S/C52H88N2O41/c1-11(62)53-21-30(71)40(91-50-38(79)42(27(68)17(7-59)85-50)92-49-36(77)32(73)24(65)14(4-56)84-49)19(9-61)88-46(21)94-43-33(74)25(66)15(5-57)86-51(43)81-10-20-28(69)41(37(78)45(80)82-20)93-52-44(34(75)26(67)16(6-58)87-52)95-47-22(54-12(2)63)29(70)39(18(8-60)89-47)90-48-35(76)31(72)23(64)13(3-55)83-48/h13-52,55-61,64-80H,3-10H2,1-2H3,(H,53,62)(H,54,63)/t13-,14-,15-,16-,17-,18-,19-,20-,21-,22-,23+,24+,25-,26-,27+,28-,29-,30-,31+,32+,33+,34+,35-,36-,37+,38-,39-,40-,41+,42+,43+,44+,45?,46+,47+,48+,49-,50+,51+,52-/m1/s1. The number of hydrogen-bond donors (Lipinski definition) is 26. The second kappa shape index (κ2) is 33.9. The van der Waals surface area contributed by atoms with Gasteiger partial charge in [-0.15, -0.1) is 0 Å². The Balaban J connectivity index is 0.986. The van der Waals surface area contributed by atoms with Gasteiger partial charge in [0.15, 0.2) is 50.3 Å². The van der Waals surface area contributed by atoms with Crippen molar-refractivity contribution in [3.05, 3.63) is 0 Å². The summed E-state index contributed by atoms with van der Waals surface area (Å²) in [5, 5.41) is 264. The summed E-state index contributed by atoms with van der Waals surface area (Å²) in [5.41, 5.74) is 0. The zero-order valence-electron chi connectivity index (χ0n) is 50.4. The Morgan fingerprint density at radius 1 is 0.274 bits per heavy atom. The number of carbonyl (C=O) groups excluding carboxylic acids is 2. The molecular formula is C52H88N2O41. The van der Waals surface area contributed by atoms with E-state index in [1.54, 1.807) is 0 Å². The Hall–Kier alpha value is -2.62. The average Bonchev–Trinajstić information content (AvgIpc) is 0.780. The summed E-state index contributed by atoms with van der Waals surface area (Å²) in [6, 6.07) is -3.71. The Kier molecular flexibility index (Phi) is 27.9. The quantitative estimate of drug-likeness (QED) is 0.0427. The van der Waals surface area contributed by atoms with Crippen molar-refractivity contribution < 1.29 is 203 Å². The Bertz CT molecular complexity index is 2380. The molecule has 0 saturated carbocycles. The number of ether oxygens (including phenoxy) is 15. The van der Waals surface area contributed by atoms with Gasteiger partial charge in [0, 0.05) is 13.8 Å². The van der Waals surface area contributed by atoms with Crippen LogP contribution >= 0.6 is 0 Å². The van der Waals surface area contributed by atoms with Crippen molar-refractivity contribution in [2.75, 3.05) is 52.9 Å². The van der Waals surface area contributed by atoms with E-state index in [1.807, 2.05) is 0 Å². The molecule has 8 heterocycles. The summed E-state index contributed by atoms with van der Waals surface area (Å²) in [7, 11) is 0. The van der Waals surface area contributed by atoms with E-state index in [1.165, 1.54) is 0 Å². The van der Waals surface area contributed by atoms with E-state index in [0.717, 1.165) is 13.8 Å². The molecule has 8 saturated heterocycles. The lowest BCUT2D eigenvalue weighted by Crippen LogP contribution is -2.70. The third-order valence-corrected chi connectivity index (χ3v) is 17.4. The van der Waals surface area contributed by atoms with Gasteiger partial charge in [-0.1, -0.05) is 0 Å². The first-order chi connectivity index (χ1) is 45.0. The Morgan fingerprint density at radius 2 is 0.568 bits per heavy atom. The lowest BCUT2D eigenvalue weighted by Gasteiger charge is -2.50. The van der Waals surface area contributed by atoms with Crippen molar-refractivity contribution in [2.24, 2.45) is 0 Å². The SMILES string of the molecule is CC(=O)N[C@H]1[C@H](O[C@@H]2[C@@H](O[C@H]3[C@H](O)[C@@H](CO[C@H]4O[C@H](CO)[C@@H](O)[C@H](O)[C@@H]4O[C@@H]4O[C@H](CO)[C@@H](O[C@@H]5O[C@H](CO)[C@H](O)[C@H](O[C@H]6O[C@H](CO)[C@H](O)[C@H](O)[C@H]6O)[C@H]5O)[C@H](O)[C@H]4NC(C)=O)OC(O)[C@H]3O)O[C@H](CO)[C@@H](O)[C@@H]2O)O[C@H](CO)[C@@H](O[C@@H]2O[C@H](CO)[C@H](O)[C@H](O)[C@H]2O)[C@@H]1O. The highest BCUT2D eigenvalue weighted by Crippen LogP contribution is 2.38. The minimum absolute atomic E-state index is 0.886. The summed E-state index contributed by atoms with van der Waals surface area (Å²) in [6.07, 6.45) is -75.8. The van der Waals surface area contributed by atoms with Crippen molar-refractivity contribution in [2.45, 2.75) is 259 Å². The molecule has 0 spiro atoms. The van der Waals surface area contributed by atoms with Crippen LogP contribution in [-0.2, 0) is 80.6 Å². The van der Waals surface area contributed by atoms with Crippen molar-refractivity contribution in [3.8, 4) is 0 Å². The third kappa shape index (κ3) is 16.8. The molecule has 552 valence electrons. The normalized spacial score (nSPS) is 50.8. The number of amides is 2. The predicted octanol–water partition coefficient (Wildman–Crippen LogP) is -18.2. The van der Waals surface area contributed by atoms with Crippen LogP contribution in [-0.4, -0.2) is 433 Å². The van der Waals surface area contributed by atoms with Crippen LogP contribution in [0.4, 0.5) is 0 Å². The van der Waals surface area contributed by atoms with E-state index < -0.39 is 310 Å². The molecule has 43 nitrogen and oxygen atoms in total. The molecule has 8 fully saturated rings. The molecule has 0 bridgehead atoms. The number of aliphatic hydroxyl groups excluding tert-OH is 24. The first-order valence-corrected chi connectivity index (χ1v) is 30.1. The molecule has 1 unspecified atom stereocenters. The molecule has 0 aliphatic carbocycles. The van der Waals surface area contributed by atoms with Gasteiger partial charge in [-0.3, -0.25) is 9.59 Å². The second-order valence-electron chi connectivity index (χ2n) is 23.9. The molecule has 0 radical (unpaired) electrons. The van der Waals surface area contributed by atoms with E-state index in [-0.39, 0.29) is 0 Å². The fraction of sp³-hybridized carbons (Fsp3) is 0.962. The monoisotopic (exact) mass is 1400 g/mol. The molecule has 0 aromatic carbocycles. The topological polar surface area (TPSA) is 682 Å². The first-order valence-electron chi connectivity index (χ1n) is 30.1. The third-order valence-electron chi connectivity index (χ3n) is 17.4. The van der Waals surface area contributed by atoms with Crippen LogP contribution in [0, 0.1) is 0 Å². The van der Waals surface area contributed by atoms with E-state index in [0.29, 0.717) is 0 Å². The predicted molar refractivity (Wildman–Crippen MR) is 288 cm³/mol. The summed E-state index contributed by atoms with van der Waals surface area (Å²) in [4.78, 5) is 25.4. The van der Waals surface area contributed by atoms with Crippen LogP contribution in [0.1, 0.15) is 13.8 Å². The minimum atomic E-state index is -2.35. The van der Waals surface area contributed by atoms with E-state index >= 15 is 0 Å². The molecule has 26 N–H and O–H groups in total.